The maximum absolute atomic E-state index is 13.5. The van der Waals surface area contributed by atoms with Gasteiger partial charge in [0.1, 0.15) is 0 Å². The van der Waals surface area contributed by atoms with Crippen molar-refractivity contribution in [2.75, 3.05) is 13.9 Å². The van der Waals surface area contributed by atoms with Gasteiger partial charge in [0.2, 0.25) is 6.79 Å². The number of ether oxygens (including phenoxy) is 3. The van der Waals surface area contributed by atoms with E-state index in [2.05, 4.69) is 4.98 Å². The Balaban J connectivity index is 1.65. The van der Waals surface area contributed by atoms with Crippen molar-refractivity contribution >= 4 is 5.91 Å². The number of methoxy groups -OCH3 is 1. The zero-order valence-corrected chi connectivity index (χ0v) is 16.2. The number of fused-ring (bicyclic) bond motifs is 1. The van der Waals surface area contributed by atoms with E-state index in [0.29, 0.717) is 24.6 Å². The van der Waals surface area contributed by atoms with Gasteiger partial charge < -0.3 is 19.1 Å². The summed E-state index contributed by atoms with van der Waals surface area (Å²) in [6.45, 7) is 0.963. The summed E-state index contributed by atoms with van der Waals surface area (Å²) in [4.78, 5) is 19.4. The molecular weight excluding hydrogens is 368 g/mol. The minimum Gasteiger partial charge on any atom is -0.454 e. The van der Waals surface area contributed by atoms with Crippen molar-refractivity contribution in [3.8, 4) is 11.5 Å². The number of hydrogen-bond donors (Lipinski definition) is 0. The maximum Gasteiger partial charge on any atom is 0.256 e. The number of aromatic nitrogens is 1. The quantitative estimate of drug-likeness (QED) is 0.615. The van der Waals surface area contributed by atoms with E-state index in [0.717, 1.165) is 16.7 Å². The highest BCUT2D eigenvalue weighted by Gasteiger charge is 2.28. The number of hydrogen-bond acceptors (Lipinski definition) is 5. The summed E-state index contributed by atoms with van der Waals surface area (Å²) in [6, 6.07) is 19.0. The molecule has 148 valence electrons. The molecule has 0 spiro atoms. The Kier molecular flexibility index (Phi) is 5.72. The van der Waals surface area contributed by atoms with Gasteiger partial charge in [0.25, 0.3) is 5.91 Å². The highest BCUT2D eigenvalue weighted by Crippen LogP contribution is 2.36. The first-order valence-corrected chi connectivity index (χ1v) is 9.39. The average molecular weight is 390 g/mol. The van der Waals surface area contributed by atoms with Crippen LogP contribution in [-0.4, -0.2) is 29.7 Å². The number of para-hydroxylation sites is 1. The molecule has 0 unspecified atom stereocenters. The van der Waals surface area contributed by atoms with Gasteiger partial charge in [-0.2, -0.15) is 0 Å². The van der Waals surface area contributed by atoms with Gasteiger partial charge in [-0.1, -0.05) is 48.5 Å². The Bertz CT molecular complexity index is 963. The summed E-state index contributed by atoms with van der Waals surface area (Å²) in [6.07, 6.45) is 2.79. The van der Waals surface area contributed by atoms with Gasteiger partial charge in [-0.3, -0.25) is 9.78 Å². The van der Waals surface area contributed by atoms with E-state index >= 15 is 0 Å². The average Bonchev–Trinajstić information content (AvgIpc) is 3.25. The lowest BCUT2D eigenvalue weighted by Crippen LogP contribution is -2.35. The molecular formula is C23H22N2O4. The van der Waals surface area contributed by atoms with E-state index in [1.807, 2.05) is 60.7 Å². The largest absolute Gasteiger partial charge is 0.454 e. The highest BCUT2D eigenvalue weighted by atomic mass is 16.7. The van der Waals surface area contributed by atoms with Gasteiger partial charge in [-0.25, -0.2) is 0 Å². The molecule has 6 nitrogen and oxygen atoms in total. The van der Waals surface area contributed by atoms with E-state index in [1.165, 1.54) is 0 Å². The van der Waals surface area contributed by atoms with Crippen LogP contribution in [0.5, 0.6) is 11.5 Å². The van der Waals surface area contributed by atoms with E-state index in [1.54, 1.807) is 24.4 Å². The molecule has 29 heavy (non-hydrogen) atoms. The summed E-state index contributed by atoms with van der Waals surface area (Å²) in [7, 11) is 1.55. The van der Waals surface area contributed by atoms with Crippen LogP contribution in [0.2, 0.25) is 0 Å². The van der Waals surface area contributed by atoms with Gasteiger partial charge in [0, 0.05) is 38.2 Å². The summed E-state index contributed by atoms with van der Waals surface area (Å²) in [5, 5.41) is 0. The smallest absolute Gasteiger partial charge is 0.256 e. The summed E-state index contributed by atoms with van der Waals surface area (Å²) in [5.74, 6) is 1.26. The Morgan fingerprint density at radius 3 is 2.69 bits per heavy atom. The zero-order chi connectivity index (χ0) is 20.1. The predicted molar refractivity (Wildman–Crippen MR) is 107 cm³/mol. The first-order valence-electron chi connectivity index (χ1n) is 9.39. The third-order valence-corrected chi connectivity index (χ3v) is 4.81. The fourth-order valence-electron chi connectivity index (χ4n) is 3.42. The molecule has 0 aliphatic carbocycles. The van der Waals surface area contributed by atoms with Crippen LogP contribution < -0.4 is 9.47 Å². The SMILES string of the molecule is CO[C@@H](C(=O)N(Cc1cccnc1)Cc1cccc2c1OCO2)c1ccccc1. The van der Waals surface area contributed by atoms with Gasteiger partial charge >= 0.3 is 0 Å². The standard InChI is InChI=1S/C23H22N2O4/c1-27-22(18-8-3-2-4-9-18)23(26)25(14-17-7-6-12-24-13-17)15-19-10-5-11-20-21(19)29-16-28-20/h2-13,22H,14-16H2,1H3/t22-/m1/s1. The molecule has 0 radical (unpaired) electrons. The lowest BCUT2D eigenvalue weighted by molar-refractivity contribution is -0.143. The molecule has 0 N–H and O–H groups in total. The summed E-state index contributed by atoms with van der Waals surface area (Å²) >= 11 is 0. The van der Waals surface area contributed by atoms with E-state index < -0.39 is 6.10 Å². The van der Waals surface area contributed by atoms with Crippen molar-refractivity contribution in [3.63, 3.8) is 0 Å². The molecule has 1 atom stereocenters. The Hall–Kier alpha value is -3.38. The van der Waals surface area contributed by atoms with Gasteiger partial charge in [0.05, 0.1) is 0 Å². The third kappa shape index (κ3) is 4.22. The fourth-order valence-corrected chi connectivity index (χ4v) is 3.42. The van der Waals surface area contributed by atoms with Crippen molar-refractivity contribution < 1.29 is 19.0 Å². The lowest BCUT2D eigenvalue weighted by Gasteiger charge is -2.27. The van der Waals surface area contributed by atoms with E-state index in [-0.39, 0.29) is 12.7 Å². The van der Waals surface area contributed by atoms with Gasteiger partial charge in [0.15, 0.2) is 17.6 Å². The minimum atomic E-state index is -0.693. The van der Waals surface area contributed by atoms with Crippen LogP contribution in [0.1, 0.15) is 22.8 Å². The van der Waals surface area contributed by atoms with Crippen LogP contribution in [0.25, 0.3) is 0 Å². The number of carbonyl (C=O) groups is 1. The van der Waals surface area contributed by atoms with Crippen molar-refractivity contribution in [1.29, 1.82) is 0 Å². The fraction of sp³-hybridized carbons (Fsp3) is 0.217. The summed E-state index contributed by atoms with van der Waals surface area (Å²) in [5.41, 5.74) is 2.64. The predicted octanol–water partition coefficient (Wildman–Crippen LogP) is 3.73. The van der Waals surface area contributed by atoms with Gasteiger partial charge in [-0.15, -0.1) is 0 Å². The Morgan fingerprint density at radius 1 is 1.07 bits per heavy atom. The Morgan fingerprint density at radius 2 is 1.93 bits per heavy atom. The zero-order valence-electron chi connectivity index (χ0n) is 16.2. The molecule has 4 rings (SSSR count). The second-order valence-corrected chi connectivity index (χ2v) is 6.73. The van der Waals surface area contributed by atoms with Crippen LogP contribution in [0.3, 0.4) is 0 Å². The molecule has 2 heterocycles. The molecule has 1 amide bonds. The highest BCUT2D eigenvalue weighted by molar-refractivity contribution is 5.82. The molecule has 0 saturated heterocycles. The monoisotopic (exact) mass is 390 g/mol. The van der Waals surface area contributed by atoms with Crippen molar-refractivity contribution in [1.82, 2.24) is 9.88 Å². The van der Waals surface area contributed by atoms with Crippen molar-refractivity contribution in [2.45, 2.75) is 19.2 Å². The molecule has 2 aromatic carbocycles. The number of rotatable bonds is 7. The molecule has 0 saturated carbocycles. The summed E-state index contributed by atoms with van der Waals surface area (Å²) < 4.78 is 16.7. The lowest BCUT2D eigenvalue weighted by atomic mass is 10.1. The second-order valence-electron chi connectivity index (χ2n) is 6.73. The molecule has 0 fully saturated rings. The number of carbonyl (C=O) groups excluding carboxylic acids is 1. The maximum atomic E-state index is 13.5. The molecule has 6 heteroatoms. The van der Waals surface area contributed by atoms with Crippen LogP contribution in [0.15, 0.2) is 73.1 Å². The van der Waals surface area contributed by atoms with Crippen molar-refractivity contribution in [2.24, 2.45) is 0 Å². The molecule has 1 aromatic heterocycles. The van der Waals surface area contributed by atoms with E-state index in [9.17, 15) is 4.79 Å². The van der Waals surface area contributed by atoms with Crippen LogP contribution in [0, 0.1) is 0 Å². The first kappa shape index (κ1) is 19.0. The topological polar surface area (TPSA) is 60.9 Å². The van der Waals surface area contributed by atoms with Crippen LogP contribution >= 0.6 is 0 Å². The van der Waals surface area contributed by atoms with Gasteiger partial charge in [-0.05, 0) is 23.3 Å². The van der Waals surface area contributed by atoms with Crippen LogP contribution in [0.4, 0.5) is 0 Å². The second kappa shape index (κ2) is 8.75. The minimum absolute atomic E-state index is 0.126. The van der Waals surface area contributed by atoms with Crippen LogP contribution in [-0.2, 0) is 22.6 Å². The molecule has 0 bridgehead atoms. The molecule has 1 aliphatic heterocycles. The Labute approximate surface area is 169 Å². The molecule has 1 aliphatic rings. The molecule has 3 aromatic rings. The third-order valence-electron chi connectivity index (χ3n) is 4.81. The first-order chi connectivity index (χ1) is 14.3. The number of nitrogens with zero attached hydrogens (tertiary/aromatic N) is 2. The number of benzene rings is 2. The number of amides is 1. The van der Waals surface area contributed by atoms with Crippen molar-refractivity contribution in [3.05, 3.63) is 89.7 Å². The normalized spacial score (nSPS) is 13.1. The number of pyridine rings is 1. The van der Waals surface area contributed by atoms with E-state index in [4.69, 9.17) is 14.2 Å².